The van der Waals surface area contributed by atoms with Crippen LogP contribution < -0.4 is 0 Å². The molecule has 0 bridgehead atoms. The molecule has 7 nitrogen and oxygen atoms in total. The summed E-state index contributed by atoms with van der Waals surface area (Å²) in [5.74, 6) is -0.129. The SMILES string of the molecule is Cc1ncc([N+](=O)[O-])n1CCOC(=O)/C=C/c1ccc(Br)cc1. The molecule has 0 fully saturated rings. The Bertz CT molecular complexity index is 738. The van der Waals surface area contributed by atoms with Gasteiger partial charge in [-0.15, -0.1) is 0 Å². The molecular weight excluding hydrogens is 366 g/mol. The number of nitrogens with zero attached hydrogens (tertiary/aromatic N) is 3. The van der Waals surface area contributed by atoms with Crippen molar-refractivity contribution >= 4 is 33.8 Å². The summed E-state index contributed by atoms with van der Waals surface area (Å²) in [5.41, 5.74) is 0.867. The molecule has 0 amide bonds. The summed E-state index contributed by atoms with van der Waals surface area (Å²) >= 11 is 3.33. The lowest BCUT2D eigenvalue weighted by molar-refractivity contribution is -0.392. The maximum absolute atomic E-state index is 11.6. The largest absolute Gasteiger partial charge is 0.458 e. The van der Waals surface area contributed by atoms with E-state index in [0.717, 1.165) is 10.0 Å². The smallest absolute Gasteiger partial charge is 0.342 e. The molecular formula is C15H14BrN3O4. The molecule has 0 aliphatic rings. The van der Waals surface area contributed by atoms with Crippen molar-refractivity contribution in [1.82, 2.24) is 9.55 Å². The van der Waals surface area contributed by atoms with Crippen LogP contribution in [0.4, 0.5) is 5.82 Å². The summed E-state index contributed by atoms with van der Waals surface area (Å²) in [6, 6.07) is 7.44. The van der Waals surface area contributed by atoms with Crippen molar-refractivity contribution in [3.8, 4) is 0 Å². The predicted molar refractivity (Wildman–Crippen MR) is 87.8 cm³/mol. The van der Waals surface area contributed by atoms with Crippen molar-refractivity contribution in [2.24, 2.45) is 0 Å². The lowest BCUT2D eigenvalue weighted by Gasteiger charge is -2.03. The van der Waals surface area contributed by atoms with E-state index in [1.54, 1.807) is 13.0 Å². The number of carbonyl (C=O) groups excluding carboxylic acids is 1. The normalized spacial score (nSPS) is 10.9. The molecule has 0 N–H and O–H groups in total. The molecule has 120 valence electrons. The highest BCUT2D eigenvalue weighted by molar-refractivity contribution is 9.10. The fraction of sp³-hybridized carbons (Fsp3) is 0.200. The van der Waals surface area contributed by atoms with E-state index in [9.17, 15) is 14.9 Å². The minimum absolute atomic E-state index is 0.0293. The van der Waals surface area contributed by atoms with E-state index in [4.69, 9.17) is 4.74 Å². The van der Waals surface area contributed by atoms with E-state index in [0.29, 0.717) is 5.82 Å². The molecule has 1 heterocycles. The average Bonchev–Trinajstić information content (AvgIpc) is 2.88. The first-order valence-electron chi connectivity index (χ1n) is 6.74. The van der Waals surface area contributed by atoms with Crippen molar-refractivity contribution in [3.63, 3.8) is 0 Å². The number of rotatable bonds is 6. The first-order chi connectivity index (χ1) is 11.0. The van der Waals surface area contributed by atoms with Gasteiger partial charge in [-0.25, -0.2) is 14.3 Å². The number of imidazole rings is 1. The molecule has 2 aromatic rings. The van der Waals surface area contributed by atoms with Gasteiger partial charge in [-0.3, -0.25) is 0 Å². The molecule has 0 saturated carbocycles. The summed E-state index contributed by atoms with van der Waals surface area (Å²) in [7, 11) is 0. The van der Waals surface area contributed by atoms with Gasteiger partial charge in [0.05, 0.1) is 0 Å². The summed E-state index contributed by atoms with van der Waals surface area (Å²) in [5, 5.41) is 10.8. The van der Waals surface area contributed by atoms with Crippen LogP contribution in [0.15, 0.2) is 41.0 Å². The molecule has 2 rings (SSSR count). The van der Waals surface area contributed by atoms with Gasteiger partial charge in [0.25, 0.3) is 0 Å². The van der Waals surface area contributed by atoms with E-state index in [2.05, 4.69) is 20.9 Å². The monoisotopic (exact) mass is 379 g/mol. The quantitative estimate of drug-likeness (QED) is 0.333. The van der Waals surface area contributed by atoms with Crippen LogP contribution in [-0.4, -0.2) is 27.1 Å². The Morgan fingerprint density at radius 3 is 2.78 bits per heavy atom. The number of hydrogen-bond acceptors (Lipinski definition) is 5. The Kier molecular flexibility index (Phi) is 5.64. The van der Waals surface area contributed by atoms with Crippen molar-refractivity contribution in [1.29, 1.82) is 0 Å². The molecule has 0 aliphatic heterocycles. The van der Waals surface area contributed by atoms with Crippen LogP contribution in [0.5, 0.6) is 0 Å². The minimum Gasteiger partial charge on any atom is -0.458 e. The molecule has 0 radical (unpaired) electrons. The third-order valence-electron chi connectivity index (χ3n) is 3.06. The standard InChI is InChI=1S/C15H14BrN3O4/c1-11-17-10-14(19(21)22)18(11)8-9-23-15(20)7-4-12-2-5-13(16)6-3-12/h2-7,10H,8-9H2,1H3/b7-4+. The predicted octanol–water partition coefficient (Wildman–Crippen LogP) is 3.12. The van der Waals surface area contributed by atoms with Gasteiger partial charge in [0, 0.05) is 17.5 Å². The van der Waals surface area contributed by atoms with E-state index >= 15 is 0 Å². The highest BCUT2D eigenvalue weighted by Gasteiger charge is 2.17. The Morgan fingerprint density at radius 1 is 1.43 bits per heavy atom. The zero-order valence-corrected chi connectivity index (χ0v) is 13.9. The van der Waals surface area contributed by atoms with Gasteiger partial charge in [-0.2, -0.15) is 0 Å². The third kappa shape index (κ3) is 4.75. The highest BCUT2D eigenvalue weighted by Crippen LogP contribution is 2.13. The molecule has 0 saturated heterocycles. The zero-order chi connectivity index (χ0) is 16.8. The molecule has 1 aromatic heterocycles. The first kappa shape index (κ1) is 16.9. The third-order valence-corrected chi connectivity index (χ3v) is 3.59. The highest BCUT2D eigenvalue weighted by atomic mass is 79.9. The maximum atomic E-state index is 11.6. The number of esters is 1. The van der Waals surface area contributed by atoms with Crippen LogP contribution in [0.25, 0.3) is 6.08 Å². The average molecular weight is 380 g/mol. The lowest BCUT2D eigenvalue weighted by Crippen LogP contribution is -2.12. The number of benzene rings is 1. The maximum Gasteiger partial charge on any atom is 0.342 e. The molecule has 1 aromatic carbocycles. The van der Waals surface area contributed by atoms with Crippen LogP contribution in [0, 0.1) is 17.0 Å². The molecule has 0 aliphatic carbocycles. The number of aromatic nitrogens is 2. The molecule has 0 unspecified atom stereocenters. The lowest BCUT2D eigenvalue weighted by atomic mass is 10.2. The van der Waals surface area contributed by atoms with E-state index in [1.807, 2.05) is 24.3 Å². The van der Waals surface area contributed by atoms with Gasteiger partial charge in [0.2, 0.25) is 0 Å². The van der Waals surface area contributed by atoms with Gasteiger partial charge in [-0.1, -0.05) is 28.1 Å². The van der Waals surface area contributed by atoms with Crippen LogP contribution in [0.1, 0.15) is 11.4 Å². The van der Waals surface area contributed by atoms with Crippen molar-refractivity contribution in [2.45, 2.75) is 13.5 Å². The fourth-order valence-corrected chi connectivity index (χ4v) is 2.17. The Hall–Kier alpha value is -2.48. The number of halogens is 1. The first-order valence-corrected chi connectivity index (χ1v) is 7.53. The number of carbonyl (C=O) groups is 1. The Morgan fingerprint density at radius 2 is 2.13 bits per heavy atom. The topological polar surface area (TPSA) is 87.3 Å². The van der Waals surface area contributed by atoms with Gasteiger partial charge >= 0.3 is 11.8 Å². The van der Waals surface area contributed by atoms with Crippen molar-refractivity contribution in [2.75, 3.05) is 6.61 Å². The Balaban J connectivity index is 1.87. The van der Waals surface area contributed by atoms with Crippen LogP contribution in [0.3, 0.4) is 0 Å². The second kappa shape index (κ2) is 7.68. The summed E-state index contributed by atoms with van der Waals surface area (Å²) in [6.45, 7) is 1.86. The molecule has 0 spiro atoms. The van der Waals surface area contributed by atoms with Gasteiger partial charge in [0.15, 0.2) is 5.82 Å². The summed E-state index contributed by atoms with van der Waals surface area (Å²) in [6.07, 6.45) is 4.14. The second-order valence-corrected chi connectivity index (χ2v) is 5.54. The van der Waals surface area contributed by atoms with Crippen LogP contribution in [0.2, 0.25) is 0 Å². The minimum atomic E-state index is -0.519. The number of ether oxygens (including phenoxy) is 1. The molecule has 23 heavy (non-hydrogen) atoms. The van der Waals surface area contributed by atoms with Crippen LogP contribution in [-0.2, 0) is 16.1 Å². The second-order valence-electron chi connectivity index (χ2n) is 4.62. The van der Waals surface area contributed by atoms with E-state index in [-0.39, 0.29) is 19.0 Å². The van der Waals surface area contributed by atoms with Gasteiger partial charge in [0.1, 0.15) is 19.3 Å². The number of hydrogen-bond donors (Lipinski definition) is 0. The Labute approximate surface area is 140 Å². The zero-order valence-electron chi connectivity index (χ0n) is 12.3. The van der Waals surface area contributed by atoms with Crippen molar-refractivity contribution < 1.29 is 14.5 Å². The van der Waals surface area contributed by atoms with E-state index in [1.165, 1.54) is 16.8 Å². The van der Waals surface area contributed by atoms with E-state index < -0.39 is 10.9 Å². The van der Waals surface area contributed by atoms with Crippen LogP contribution >= 0.6 is 15.9 Å². The summed E-state index contributed by atoms with van der Waals surface area (Å²) < 4.78 is 7.39. The van der Waals surface area contributed by atoms with Crippen molar-refractivity contribution in [3.05, 3.63) is 62.5 Å². The van der Waals surface area contributed by atoms with Gasteiger partial charge < -0.3 is 14.9 Å². The fourth-order valence-electron chi connectivity index (χ4n) is 1.90. The molecule has 0 atom stereocenters. The summed E-state index contributed by atoms with van der Waals surface area (Å²) in [4.78, 5) is 25.8. The van der Waals surface area contributed by atoms with Gasteiger partial charge in [-0.05, 0) is 28.7 Å². The number of nitro groups is 1. The molecule has 8 heteroatoms. The number of aryl methyl sites for hydroxylation is 1.